The Morgan fingerprint density at radius 1 is 0.733 bits per heavy atom. The number of benzene rings is 2. The summed E-state index contributed by atoms with van der Waals surface area (Å²) in [6, 6.07) is 23.3. The predicted molar refractivity (Wildman–Crippen MR) is 125 cm³/mol. The summed E-state index contributed by atoms with van der Waals surface area (Å²) in [4.78, 5) is 6.20. The lowest BCUT2D eigenvalue weighted by atomic mass is 9.96. The average molecular weight is 408 g/mol. The molecular weight excluding hydrogens is 386 g/mol. The Bertz CT molecular complexity index is 1360. The van der Waals surface area contributed by atoms with Crippen LogP contribution in [0.3, 0.4) is 0 Å². The van der Waals surface area contributed by atoms with Gasteiger partial charge in [-0.3, -0.25) is 4.98 Å². The molecule has 1 aliphatic carbocycles. The van der Waals surface area contributed by atoms with Gasteiger partial charge >= 0.3 is 0 Å². The van der Waals surface area contributed by atoms with Gasteiger partial charge in [-0.05, 0) is 42.9 Å². The summed E-state index contributed by atoms with van der Waals surface area (Å²) in [7, 11) is 0. The molecule has 0 spiro atoms. The van der Waals surface area contributed by atoms with E-state index in [0.29, 0.717) is 0 Å². The summed E-state index contributed by atoms with van der Waals surface area (Å²) >= 11 is 1.72. The molecule has 0 fully saturated rings. The molecule has 146 valence electrons. The Labute approximate surface area is 179 Å². The number of nitrogens with zero attached hydrogens (tertiary/aromatic N) is 3. The molecule has 0 atom stereocenters. The molecule has 5 aromatic rings. The minimum atomic E-state index is 0.922. The first-order chi connectivity index (χ1) is 14.9. The van der Waals surface area contributed by atoms with Crippen molar-refractivity contribution in [3.63, 3.8) is 0 Å². The lowest BCUT2D eigenvalue weighted by molar-refractivity contribution is 0.709. The van der Waals surface area contributed by atoms with Crippen LogP contribution in [0.15, 0.2) is 66.7 Å². The monoisotopic (exact) mass is 407 g/mol. The SMILES string of the molecule is c1ccc(-c2nnc3sc4cc5c(nc4c3c2-c2ccccc2)CCCCC5)cc1. The molecule has 0 radical (unpaired) electrons. The van der Waals surface area contributed by atoms with Crippen LogP contribution in [0.25, 0.3) is 42.8 Å². The molecule has 4 heteroatoms. The first-order valence-corrected chi connectivity index (χ1v) is 11.4. The quantitative estimate of drug-likeness (QED) is 0.301. The van der Waals surface area contributed by atoms with Gasteiger partial charge in [0.1, 0.15) is 10.5 Å². The summed E-state index contributed by atoms with van der Waals surface area (Å²) in [5.41, 5.74) is 8.08. The number of aryl methyl sites for hydroxylation is 2. The number of hydrogen-bond donors (Lipinski definition) is 0. The van der Waals surface area contributed by atoms with E-state index in [1.807, 2.05) is 6.07 Å². The van der Waals surface area contributed by atoms with Crippen molar-refractivity contribution in [1.82, 2.24) is 15.2 Å². The molecule has 0 aliphatic heterocycles. The van der Waals surface area contributed by atoms with Crippen LogP contribution >= 0.6 is 11.3 Å². The van der Waals surface area contributed by atoms with E-state index in [9.17, 15) is 0 Å². The second kappa shape index (κ2) is 7.29. The van der Waals surface area contributed by atoms with Crippen molar-refractivity contribution in [2.24, 2.45) is 0 Å². The maximum Gasteiger partial charge on any atom is 0.149 e. The molecular formula is C26H21N3S. The summed E-state index contributed by atoms with van der Waals surface area (Å²) < 4.78 is 1.22. The fourth-order valence-corrected chi connectivity index (χ4v) is 5.58. The third-order valence-corrected chi connectivity index (χ3v) is 7.02. The second-order valence-corrected chi connectivity index (χ2v) is 8.97. The molecule has 0 bridgehead atoms. The lowest BCUT2D eigenvalue weighted by Gasteiger charge is -2.11. The van der Waals surface area contributed by atoms with Crippen molar-refractivity contribution >= 4 is 31.8 Å². The van der Waals surface area contributed by atoms with Gasteiger partial charge in [0.15, 0.2) is 0 Å². The van der Waals surface area contributed by atoms with E-state index in [4.69, 9.17) is 10.1 Å². The lowest BCUT2D eigenvalue weighted by Crippen LogP contribution is -1.96. The van der Waals surface area contributed by atoms with Gasteiger partial charge in [0.25, 0.3) is 0 Å². The van der Waals surface area contributed by atoms with Gasteiger partial charge in [0, 0.05) is 22.2 Å². The molecule has 3 nitrogen and oxygen atoms in total. The Balaban J connectivity index is 1.72. The third kappa shape index (κ3) is 2.91. The van der Waals surface area contributed by atoms with Gasteiger partial charge in [-0.1, -0.05) is 67.1 Å². The van der Waals surface area contributed by atoms with Crippen LogP contribution < -0.4 is 0 Å². The zero-order chi connectivity index (χ0) is 19.9. The fraction of sp³-hybridized carbons (Fsp3) is 0.192. The second-order valence-electron chi connectivity index (χ2n) is 7.94. The van der Waals surface area contributed by atoms with Crippen LogP contribution in [-0.4, -0.2) is 15.2 Å². The van der Waals surface area contributed by atoms with Crippen LogP contribution in [0.1, 0.15) is 30.5 Å². The van der Waals surface area contributed by atoms with Crippen molar-refractivity contribution in [2.75, 3.05) is 0 Å². The normalized spacial score (nSPS) is 14.0. The van der Waals surface area contributed by atoms with E-state index in [1.54, 1.807) is 11.3 Å². The number of thiophene rings is 1. The average Bonchev–Trinajstić information content (AvgIpc) is 3.00. The molecule has 0 saturated carbocycles. The molecule has 30 heavy (non-hydrogen) atoms. The first kappa shape index (κ1) is 17.7. The number of fused-ring (bicyclic) bond motifs is 4. The molecule has 0 amide bonds. The molecule has 0 N–H and O–H groups in total. The standard InChI is InChI=1S/C26H21N3S/c1-4-10-17(11-5-1)22-23-25-21(16-19-14-8-3-9-15-20(19)27-25)30-26(23)29-28-24(22)18-12-6-2-7-13-18/h1-2,4-7,10-13,16H,3,8-9,14-15H2. The Morgan fingerprint density at radius 3 is 2.27 bits per heavy atom. The van der Waals surface area contributed by atoms with Crippen LogP contribution in [0, 0.1) is 0 Å². The van der Waals surface area contributed by atoms with Crippen molar-refractivity contribution < 1.29 is 0 Å². The summed E-state index contributed by atoms with van der Waals surface area (Å²) in [6.07, 6.45) is 6.00. The number of aromatic nitrogens is 3. The maximum absolute atomic E-state index is 5.23. The highest BCUT2D eigenvalue weighted by atomic mass is 32.1. The van der Waals surface area contributed by atoms with Gasteiger partial charge < -0.3 is 0 Å². The minimum Gasteiger partial charge on any atom is -0.251 e. The molecule has 0 saturated heterocycles. The van der Waals surface area contributed by atoms with Gasteiger partial charge in [0.05, 0.1) is 10.2 Å². The molecule has 6 rings (SSSR count). The Kier molecular flexibility index (Phi) is 4.31. The van der Waals surface area contributed by atoms with Gasteiger partial charge in [-0.25, -0.2) is 0 Å². The summed E-state index contributed by atoms with van der Waals surface area (Å²) in [5, 5.41) is 10.5. The van der Waals surface area contributed by atoms with E-state index in [2.05, 4.69) is 65.8 Å². The smallest absolute Gasteiger partial charge is 0.149 e. The van der Waals surface area contributed by atoms with Crippen molar-refractivity contribution in [3.05, 3.63) is 78.0 Å². The highest BCUT2D eigenvalue weighted by Crippen LogP contribution is 2.42. The van der Waals surface area contributed by atoms with Crippen LogP contribution in [0.4, 0.5) is 0 Å². The largest absolute Gasteiger partial charge is 0.251 e. The van der Waals surface area contributed by atoms with Gasteiger partial charge in [-0.2, -0.15) is 0 Å². The van der Waals surface area contributed by atoms with E-state index in [0.717, 1.165) is 51.0 Å². The highest BCUT2D eigenvalue weighted by molar-refractivity contribution is 7.25. The number of hydrogen-bond acceptors (Lipinski definition) is 4. The molecule has 0 unspecified atom stereocenters. The van der Waals surface area contributed by atoms with Gasteiger partial charge in [-0.15, -0.1) is 21.5 Å². The topological polar surface area (TPSA) is 38.7 Å². The van der Waals surface area contributed by atoms with E-state index >= 15 is 0 Å². The zero-order valence-corrected chi connectivity index (χ0v) is 17.5. The highest BCUT2D eigenvalue weighted by Gasteiger charge is 2.21. The van der Waals surface area contributed by atoms with E-state index in [1.165, 1.54) is 35.2 Å². The van der Waals surface area contributed by atoms with E-state index < -0.39 is 0 Å². The van der Waals surface area contributed by atoms with Crippen molar-refractivity contribution in [2.45, 2.75) is 32.1 Å². The van der Waals surface area contributed by atoms with Crippen LogP contribution in [0.2, 0.25) is 0 Å². The Hall–Kier alpha value is -3.11. The zero-order valence-electron chi connectivity index (χ0n) is 16.6. The van der Waals surface area contributed by atoms with Crippen molar-refractivity contribution in [1.29, 1.82) is 0 Å². The van der Waals surface area contributed by atoms with Gasteiger partial charge in [0.2, 0.25) is 0 Å². The van der Waals surface area contributed by atoms with E-state index in [-0.39, 0.29) is 0 Å². The molecule has 1 aliphatic rings. The Morgan fingerprint density at radius 2 is 1.47 bits per heavy atom. The molecule has 3 heterocycles. The third-order valence-electron chi connectivity index (χ3n) is 6.01. The predicted octanol–water partition coefficient (Wildman–Crippen LogP) is 6.84. The number of pyridine rings is 1. The maximum atomic E-state index is 5.23. The first-order valence-electron chi connectivity index (χ1n) is 10.6. The van der Waals surface area contributed by atoms with Crippen LogP contribution in [0.5, 0.6) is 0 Å². The molecule has 3 aromatic heterocycles. The summed E-state index contributed by atoms with van der Waals surface area (Å²) in [6.45, 7) is 0. The van der Waals surface area contributed by atoms with Crippen molar-refractivity contribution in [3.8, 4) is 22.4 Å². The minimum absolute atomic E-state index is 0.922. The summed E-state index contributed by atoms with van der Waals surface area (Å²) in [5.74, 6) is 0. The number of rotatable bonds is 2. The fourth-order valence-electron chi connectivity index (χ4n) is 4.55. The molecule has 2 aromatic carbocycles. The van der Waals surface area contributed by atoms with Crippen LogP contribution in [-0.2, 0) is 12.8 Å².